The number of aliphatic hydroxyl groups excluding tert-OH is 1. The number of anilines is 1. The molecule has 0 fully saturated rings. The Balaban J connectivity index is 2.13. The number of aliphatic carboxylic acids is 1. The van der Waals surface area contributed by atoms with Crippen LogP contribution in [-0.2, 0) is 9.59 Å². The minimum absolute atomic E-state index is 0.193. The summed E-state index contributed by atoms with van der Waals surface area (Å²) in [6.07, 6.45) is -0.401. The second-order valence-corrected chi connectivity index (χ2v) is 6.32. The zero-order chi connectivity index (χ0) is 17.3. The van der Waals surface area contributed by atoms with Gasteiger partial charge >= 0.3 is 5.97 Å². The molecule has 0 spiro atoms. The van der Waals surface area contributed by atoms with Gasteiger partial charge in [-0.15, -0.1) is 0 Å². The van der Waals surface area contributed by atoms with E-state index < -0.39 is 30.1 Å². The Kier molecular flexibility index (Phi) is 4.40. The molecule has 0 saturated heterocycles. The highest BCUT2D eigenvalue weighted by Crippen LogP contribution is 2.41. The highest BCUT2D eigenvalue weighted by atomic mass is 79.9. The quantitative estimate of drug-likeness (QED) is 0.835. The fraction of sp³-hybridized carbons (Fsp3) is 0.111. The van der Waals surface area contributed by atoms with Crippen LogP contribution in [0, 0.1) is 0 Å². The van der Waals surface area contributed by atoms with E-state index in [0.717, 1.165) is 10.0 Å². The van der Waals surface area contributed by atoms with Gasteiger partial charge in [0.1, 0.15) is 0 Å². The molecule has 0 aliphatic carbocycles. The number of carbonyl (C=O) groups is 2. The number of halogens is 1. The summed E-state index contributed by atoms with van der Waals surface area (Å²) in [5.74, 6) is -2.18. The van der Waals surface area contributed by atoms with E-state index in [-0.39, 0.29) is 5.57 Å². The second-order valence-electron chi connectivity index (χ2n) is 5.41. The predicted molar refractivity (Wildman–Crippen MR) is 92.7 cm³/mol. The van der Waals surface area contributed by atoms with Crippen LogP contribution in [0.15, 0.2) is 70.4 Å². The number of benzene rings is 2. The minimum atomic E-state index is -1.10. The third-order valence-electron chi connectivity index (χ3n) is 3.88. The smallest absolute Gasteiger partial charge is 0.307 e. The lowest BCUT2D eigenvalue weighted by Crippen LogP contribution is -2.30. The molecule has 2 N–H and O–H groups in total. The zero-order valence-corrected chi connectivity index (χ0v) is 14.1. The molecule has 122 valence electrons. The summed E-state index contributed by atoms with van der Waals surface area (Å²) in [6.45, 7) is 0. The first-order valence-electron chi connectivity index (χ1n) is 7.27. The van der Waals surface area contributed by atoms with Crippen LogP contribution in [0.4, 0.5) is 5.69 Å². The molecule has 3 rings (SSSR count). The molecule has 0 unspecified atom stereocenters. The molecule has 0 aromatic heterocycles. The first-order valence-corrected chi connectivity index (χ1v) is 8.06. The van der Waals surface area contributed by atoms with Gasteiger partial charge in [0.25, 0.3) is 5.91 Å². The number of hydrogen-bond donors (Lipinski definition) is 2. The van der Waals surface area contributed by atoms with Crippen molar-refractivity contribution in [1.29, 1.82) is 0 Å². The van der Waals surface area contributed by atoms with Gasteiger partial charge in [-0.25, -0.2) is 0 Å². The number of nitrogens with zero attached hydrogens (tertiary/aromatic N) is 1. The van der Waals surface area contributed by atoms with Gasteiger partial charge in [-0.1, -0.05) is 46.3 Å². The van der Waals surface area contributed by atoms with Gasteiger partial charge in [-0.2, -0.15) is 0 Å². The predicted octanol–water partition coefficient (Wildman–Crippen LogP) is 3.82. The third kappa shape index (κ3) is 2.92. The molecule has 1 atom stereocenters. The maximum atomic E-state index is 12.6. The van der Waals surface area contributed by atoms with Gasteiger partial charge in [0.15, 0.2) is 5.76 Å². The molecule has 6 heteroatoms. The van der Waals surface area contributed by atoms with E-state index in [0.29, 0.717) is 5.69 Å². The molecule has 5 nitrogen and oxygen atoms in total. The van der Waals surface area contributed by atoms with Crippen LogP contribution >= 0.6 is 15.9 Å². The summed E-state index contributed by atoms with van der Waals surface area (Å²) < 4.78 is 0.870. The Morgan fingerprint density at radius 3 is 2.29 bits per heavy atom. The molecule has 1 aliphatic heterocycles. The fourth-order valence-corrected chi connectivity index (χ4v) is 3.11. The van der Waals surface area contributed by atoms with Crippen molar-refractivity contribution in [1.82, 2.24) is 0 Å². The number of rotatable bonds is 4. The fourth-order valence-electron chi connectivity index (χ4n) is 2.85. The Hall–Kier alpha value is -2.60. The molecule has 1 amide bonds. The van der Waals surface area contributed by atoms with Crippen LogP contribution in [0.3, 0.4) is 0 Å². The number of aliphatic hydroxyl groups is 1. The van der Waals surface area contributed by atoms with Crippen LogP contribution < -0.4 is 4.90 Å². The zero-order valence-electron chi connectivity index (χ0n) is 12.5. The van der Waals surface area contributed by atoms with E-state index in [9.17, 15) is 14.7 Å². The number of para-hydroxylation sites is 1. The van der Waals surface area contributed by atoms with Gasteiger partial charge in [-0.05, 0) is 29.8 Å². The summed E-state index contributed by atoms with van der Waals surface area (Å²) in [4.78, 5) is 25.2. The molecule has 0 bridgehead atoms. The first kappa shape index (κ1) is 16.3. The van der Waals surface area contributed by atoms with Crippen molar-refractivity contribution in [3.8, 4) is 0 Å². The van der Waals surface area contributed by atoms with Crippen LogP contribution in [0.1, 0.15) is 18.0 Å². The van der Waals surface area contributed by atoms with Gasteiger partial charge in [0.05, 0.1) is 12.5 Å². The molecular weight excluding hydrogens is 374 g/mol. The van der Waals surface area contributed by atoms with Gasteiger partial charge in [0.2, 0.25) is 0 Å². The Morgan fingerprint density at radius 1 is 1.08 bits per heavy atom. The summed E-state index contributed by atoms with van der Waals surface area (Å²) in [5, 5.41) is 19.4. The molecule has 1 aliphatic rings. The number of carboxylic acids is 1. The Morgan fingerprint density at radius 2 is 1.71 bits per heavy atom. The average molecular weight is 388 g/mol. The van der Waals surface area contributed by atoms with Crippen LogP contribution in [0.5, 0.6) is 0 Å². The lowest BCUT2D eigenvalue weighted by molar-refractivity contribution is -0.136. The van der Waals surface area contributed by atoms with Crippen molar-refractivity contribution in [2.45, 2.75) is 12.5 Å². The Labute approximate surface area is 147 Å². The topological polar surface area (TPSA) is 77.8 Å². The van der Waals surface area contributed by atoms with Crippen molar-refractivity contribution in [3.05, 3.63) is 76.0 Å². The van der Waals surface area contributed by atoms with Crippen molar-refractivity contribution in [2.24, 2.45) is 0 Å². The summed E-state index contributed by atoms with van der Waals surface area (Å²) in [7, 11) is 0. The summed E-state index contributed by atoms with van der Waals surface area (Å²) >= 11 is 3.36. The van der Waals surface area contributed by atoms with E-state index in [1.807, 2.05) is 18.2 Å². The van der Waals surface area contributed by atoms with Crippen molar-refractivity contribution < 1.29 is 19.8 Å². The summed E-state index contributed by atoms with van der Waals surface area (Å²) in [5.41, 5.74) is 1.52. The van der Waals surface area contributed by atoms with Crippen molar-refractivity contribution >= 4 is 33.5 Å². The second kappa shape index (κ2) is 6.49. The number of carbonyl (C=O) groups excluding carboxylic acids is 1. The largest absolute Gasteiger partial charge is 0.503 e. The molecule has 0 radical (unpaired) electrons. The van der Waals surface area contributed by atoms with E-state index in [1.54, 1.807) is 36.4 Å². The van der Waals surface area contributed by atoms with Gasteiger partial charge in [-0.3, -0.25) is 14.5 Å². The van der Waals surface area contributed by atoms with Gasteiger partial charge in [0, 0.05) is 15.7 Å². The molecule has 0 saturated carbocycles. The van der Waals surface area contributed by atoms with E-state index >= 15 is 0 Å². The van der Waals surface area contributed by atoms with E-state index in [1.165, 1.54) is 4.90 Å². The van der Waals surface area contributed by atoms with Crippen molar-refractivity contribution in [3.63, 3.8) is 0 Å². The number of amides is 1. The number of carboxylic acid groups (broad SMARTS) is 1. The maximum Gasteiger partial charge on any atom is 0.307 e. The highest BCUT2D eigenvalue weighted by molar-refractivity contribution is 9.10. The normalized spacial score (nSPS) is 17.5. The van der Waals surface area contributed by atoms with Gasteiger partial charge < -0.3 is 10.2 Å². The average Bonchev–Trinajstić information content (AvgIpc) is 2.81. The summed E-state index contributed by atoms with van der Waals surface area (Å²) in [6, 6.07) is 15.5. The maximum absolute atomic E-state index is 12.6. The molecular formula is C18H14BrNO4. The van der Waals surface area contributed by atoms with Crippen LogP contribution in [0.25, 0.3) is 0 Å². The van der Waals surface area contributed by atoms with E-state index in [2.05, 4.69) is 15.9 Å². The van der Waals surface area contributed by atoms with E-state index in [4.69, 9.17) is 5.11 Å². The van der Waals surface area contributed by atoms with Crippen LogP contribution in [0.2, 0.25) is 0 Å². The SMILES string of the molecule is O=C(O)CC1=C(O)C(=O)N(c2ccccc2)[C@H]1c1ccc(Br)cc1. The first-order chi connectivity index (χ1) is 11.5. The molecule has 2 aromatic rings. The van der Waals surface area contributed by atoms with Crippen molar-refractivity contribution in [2.75, 3.05) is 4.90 Å². The lowest BCUT2D eigenvalue weighted by Gasteiger charge is -2.27. The number of hydrogen-bond acceptors (Lipinski definition) is 3. The molecule has 24 heavy (non-hydrogen) atoms. The molecule has 2 aromatic carbocycles. The van der Waals surface area contributed by atoms with Crippen LogP contribution in [-0.4, -0.2) is 22.1 Å². The third-order valence-corrected chi connectivity index (χ3v) is 4.40. The minimum Gasteiger partial charge on any atom is -0.503 e. The Bertz CT molecular complexity index is 815. The lowest BCUT2D eigenvalue weighted by atomic mass is 9.96. The highest BCUT2D eigenvalue weighted by Gasteiger charge is 2.41. The monoisotopic (exact) mass is 387 g/mol. The molecule has 1 heterocycles. The standard InChI is InChI=1S/C18H14BrNO4/c19-12-8-6-11(7-9-12)16-14(10-15(21)22)17(23)18(24)20(16)13-4-2-1-3-5-13/h1-9,16,23H,10H2,(H,21,22)/t16-/m0/s1.